The lowest BCUT2D eigenvalue weighted by Crippen LogP contribution is -2.30. The first-order valence-electron chi connectivity index (χ1n) is 10.2. The Morgan fingerprint density at radius 3 is 2.59 bits per heavy atom. The van der Waals surface area contributed by atoms with E-state index in [1.807, 2.05) is 0 Å². The third kappa shape index (κ3) is 5.26. The summed E-state index contributed by atoms with van der Waals surface area (Å²) in [5.74, 6) is -1.49. The van der Waals surface area contributed by atoms with Crippen LogP contribution >= 0.6 is 11.6 Å². The normalized spacial score (nSPS) is 14.1. The summed E-state index contributed by atoms with van der Waals surface area (Å²) in [4.78, 5) is 24.3. The summed E-state index contributed by atoms with van der Waals surface area (Å²) in [6, 6.07) is 13.2. The number of aliphatic carboxylic acids is 1. The number of hydrogen-bond donors (Lipinski definition) is 2. The van der Waals surface area contributed by atoms with Crippen molar-refractivity contribution in [2.45, 2.75) is 25.3 Å². The molecule has 1 atom stereocenters. The van der Waals surface area contributed by atoms with E-state index in [4.69, 9.17) is 16.3 Å². The number of aromatic nitrogens is 2. The molecule has 3 aromatic rings. The van der Waals surface area contributed by atoms with E-state index in [1.54, 1.807) is 36.4 Å². The number of carboxylic acids is 1. The summed E-state index contributed by atoms with van der Waals surface area (Å²) in [6.45, 7) is 0.452. The van der Waals surface area contributed by atoms with Crippen LogP contribution in [-0.2, 0) is 4.79 Å². The number of benzene rings is 2. The highest BCUT2D eigenvalue weighted by Gasteiger charge is 2.26. The molecule has 1 aromatic heterocycles. The van der Waals surface area contributed by atoms with Crippen molar-refractivity contribution in [2.24, 2.45) is 5.92 Å². The number of nitrogens with one attached hydrogen (secondary N) is 1. The number of rotatable bonds is 9. The molecule has 0 saturated heterocycles. The Bertz CT molecular complexity index is 1130. The predicted octanol–water partition coefficient (Wildman–Crippen LogP) is 4.40. The largest absolute Gasteiger partial charge is 0.481 e. The van der Waals surface area contributed by atoms with E-state index in [0.29, 0.717) is 23.1 Å². The average Bonchev–Trinajstić information content (AvgIpc) is 3.50. The summed E-state index contributed by atoms with van der Waals surface area (Å²) < 4.78 is 21.5. The van der Waals surface area contributed by atoms with E-state index in [-0.39, 0.29) is 23.7 Å². The van der Waals surface area contributed by atoms with Crippen LogP contribution in [0.3, 0.4) is 0 Å². The number of nitrogens with zero attached hydrogens (tertiary/aromatic N) is 2. The SMILES string of the molecule is O=C(O)C[C@H](NC(=O)c1cc(OCC2CC2)n(-c2ccccc2F)n1)c1ccc(Cl)cc1. The number of carbonyl (C=O) groups is 2. The molecule has 1 saturated carbocycles. The van der Waals surface area contributed by atoms with Gasteiger partial charge in [0, 0.05) is 11.1 Å². The molecule has 7 nitrogen and oxygen atoms in total. The molecule has 1 aliphatic carbocycles. The predicted molar refractivity (Wildman–Crippen MR) is 116 cm³/mol. The van der Waals surface area contributed by atoms with Gasteiger partial charge in [-0.15, -0.1) is 0 Å². The Morgan fingerprint density at radius 1 is 1.22 bits per heavy atom. The van der Waals surface area contributed by atoms with E-state index >= 15 is 0 Å². The molecular formula is C23H21ClFN3O4. The van der Waals surface area contributed by atoms with Crippen LogP contribution in [0.2, 0.25) is 5.02 Å². The minimum Gasteiger partial charge on any atom is -0.481 e. The third-order valence-electron chi connectivity index (χ3n) is 5.11. The van der Waals surface area contributed by atoms with Crippen LogP contribution in [-0.4, -0.2) is 33.4 Å². The monoisotopic (exact) mass is 457 g/mol. The molecule has 2 aromatic carbocycles. The number of halogens is 2. The lowest BCUT2D eigenvalue weighted by Gasteiger charge is -2.16. The molecule has 1 aliphatic rings. The second-order valence-corrected chi connectivity index (χ2v) is 8.10. The molecule has 32 heavy (non-hydrogen) atoms. The Kier molecular flexibility index (Phi) is 6.41. The van der Waals surface area contributed by atoms with Gasteiger partial charge in [-0.05, 0) is 48.6 Å². The van der Waals surface area contributed by atoms with Gasteiger partial charge in [0.15, 0.2) is 5.69 Å². The second kappa shape index (κ2) is 9.40. The maximum Gasteiger partial charge on any atom is 0.305 e. The highest BCUT2D eigenvalue weighted by Crippen LogP contribution is 2.31. The molecule has 0 aliphatic heterocycles. The van der Waals surface area contributed by atoms with Crippen molar-refractivity contribution in [1.82, 2.24) is 15.1 Å². The lowest BCUT2D eigenvalue weighted by atomic mass is 10.0. The lowest BCUT2D eigenvalue weighted by molar-refractivity contribution is -0.137. The van der Waals surface area contributed by atoms with Gasteiger partial charge >= 0.3 is 5.97 Å². The maximum atomic E-state index is 14.4. The van der Waals surface area contributed by atoms with Crippen molar-refractivity contribution in [3.8, 4) is 11.6 Å². The number of carboxylic acid groups (broad SMARTS) is 1. The first-order chi connectivity index (χ1) is 15.4. The third-order valence-corrected chi connectivity index (χ3v) is 5.36. The summed E-state index contributed by atoms with van der Waals surface area (Å²) in [7, 11) is 0. The fourth-order valence-corrected chi connectivity index (χ4v) is 3.34. The average molecular weight is 458 g/mol. The van der Waals surface area contributed by atoms with Crippen molar-refractivity contribution in [2.75, 3.05) is 6.61 Å². The first-order valence-corrected chi connectivity index (χ1v) is 10.5. The number of amides is 1. The summed E-state index contributed by atoms with van der Waals surface area (Å²) in [5.41, 5.74) is 0.726. The van der Waals surface area contributed by atoms with Crippen LogP contribution in [0.1, 0.15) is 41.4 Å². The van der Waals surface area contributed by atoms with Crippen LogP contribution in [0.15, 0.2) is 54.6 Å². The molecule has 1 heterocycles. The van der Waals surface area contributed by atoms with Crippen LogP contribution in [0.25, 0.3) is 5.69 Å². The Hall–Kier alpha value is -3.39. The van der Waals surface area contributed by atoms with Gasteiger partial charge in [-0.3, -0.25) is 9.59 Å². The minimum atomic E-state index is -1.07. The Morgan fingerprint density at radius 2 is 1.94 bits per heavy atom. The second-order valence-electron chi connectivity index (χ2n) is 7.66. The minimum absolute atomic E-state index is 0.0107. The van der Waals surface area contributed by atoms with Gasteiger partial charge in [-0.1, -0.05) is 35.9 Å². The zero-order valence-electron chi connectivity index (χ0n) is 17.0. The standard InChI is InChI=1S/C23H21ClFN3O4/c24-16-9-7-15(8-10-16)18(12-22(29)30)26-23(31)19-11-21(32-13-14-5-6-14)28(27-19)20-4-2-1-3-17(20)25/h1-4,7-11,14,18H,5-6,12-13H2,(H,26,31)(H,29,30)/t18-/m0/s1. The van der Waals surface area contributed by atoms with Gasteiger partial charge in [0.25, 0.3) is 5.91 Å². The van der Waals surface area contributed by atoms with E-state index < -0.39 is 23.7 Å². The molecule has 1 amide bonds. The Labute approximate surface area is 188 Å². The van der Waals surface area contributed by atoms with E-state index in [1.165, 1.54) is 22.9 Å². The van der Waals surface area contributed by atoms with Gasteiger partial charge in [0.2, 0.25) is 5.88 Å². The number of carbonyl (C=O) groups excluding carboxylic acids is 1. The van der Waals surface area contributed by atoms with Crippen molar-refractivity contribution in [1.29, 1.82) is 0 Å². The van der Waals surface area contributed by atoms with Crippen LogP contribution in [0, 0.1) is 11.7 Å². The summed E-state index contributed by atoms with van der Waals surface area (Å²) in [6.07, 6.45) is 1.81. The van der Waals surface area contributed by atoms with Crippen LogP contribution in [0.5, 0.6) is 5.88 Å². The van der Waals surface area contributed by atoms with Crippen molar-refractivity contribution in [3.05, 3.63) is 76.7 Å². The topological polar surface area (TPSA) is 93.5 Å². The van der Waals surface area contributed by atoms with Gasteiger partial charge in [0.05, 0.1) is 19.1 Å². The van der Waals surface area contributed by atoms with Crippen molar-refractivity contribution < 1.29 is 23.8 Å². The first kappa shape index (κ1) is 21.8. The van der Waals surface area contributed by atoms with Gasteiger partial charge in [-0.25, -0.2) is 4.39 Å². The number of ether oxygens (including phenoxy) is 1. The highest BCUT2D eigenvalue weighted by molar-refractivity contribution is 6.30. The van der Waals surface area contributed by atoms with E-state index in [0.717, 1.165) is 12.8 Å². The summed E-state index contributed by atoms with van der Waals surface area (Å²) >= 11 is 5.91. The Balaban J connectivity index is 1.61. The maximum absolute atomic E-state index is 14.4. The molecule has 0 unspecified atom stereocenters. The smallest absolute Gasteiger partial charge is 0.305 e. The van der Waals surface area contributed by atoms with E-state index in [2.05, 4.69) is 10.4 Å². The van der Waals surface area contributed by atoms with Gasteiger partial charge in [-0.2, -0.15) is 9.78 Å². The van der Waals surface area contributed by atoms with E-state index in [9.17, 15) is 19.1 Å². The molecule has 2 N–H and O–H groups in total. The van der Waals surface area contributed by atoms with Gasteiger partial charge in [0.1, 0.15) is 11.5 Å². The molecule has 9 heteroatoms. The summed E-state index contributed by atoms with van der Waals surface area (Å²) in [5, 5.41) is 16.7. The molecule has 0 radical (unpaired) electrons. The zero-order chi connectivity index (χ0) is 22.7. The molecule has 0 bridgehead atoms. The van der Waals surface area contributed by atoms with Crippen LogP contribution in [0.4, 0.5) is 4.39 Å². The zero-order valence-corrected chi connectivity index (χ0v) is 17.8. The molecule has 166 valence electrons. The quantitative estimate of drug-likeness (QED) is 0.496. The fraction of sp³-hybridized carbons (Fsp3) is 0.261. The molecule has 0 spiro atoms. The number of para-hydroxylation sites is 1. The number of hydrogen-bond acceptors (Lipinski definition) is 4. The van der Waals surface area contributed by atoms with Crippen molar-refractivity contribution in [3.63, 3.8) is 0 Å². The van der Waals surface area contributed by atoms with Crippen molar-refractivity contribution >= 4 is 23.5 Å². The van der Waals surface area contributed by atoms with Crippen LogP contribution < -0.4 is 10.1 Å². The van der Waals surface area contributed by atoms with Gasteiger partial charge < -0.3 is 15.2 Å². The fourth-order valence-electron chi connectivity index (χ4n) is 3.22. The highest BCUT2D eigenvalue weighted by atomic mass is 35.5. The molecule has 4 rings (SSSR count). The molecule has 1 fully saturated rings. The molecular weight excluding hydrogens is 437 g/mol.